The molecule has 0 saturated carbocycles. The maximum atomic E-state index is 11.7. The average molecular weight is 341 g/mol. The second-order valence-corrected chi connectivity index (χ2v) is 6.70. The number of hydrogen-bond acceptors (Lipinski definition) is 5. The number of aryl methyl sites for hydroxylation is 1. The van der Waals surface area contributed by atoms with Gasteiger partial charge in [-0.1, -0.05) is 42.5 Å². The zero-order valence-corrected chi connectivity index (χ0v) is 13.7. The van der Waals surface area contributed by atoms with Gasteiger partial charge < -0.3 is 5.73 Å². The van der Waals surface area contributed by atoms with Crippen molar-refractivity contribution < 1.29 is 13.0 Å². The largest absolute Gasteiger partial charge is 0.396 e. The van der Waals surface area contributed by atoms with Gasteiger partial charge in [0.05, 0.1) is 11.4 Å². The normalized spacial score (nSPS) is 12.1. The standard InChI is InChI=1S/C17H15N3O3S/c1-11-6-2-5-9-14(11)19-20-15-10-16(24(21,22)23)12-7-3-4-8-13(12)17(15)18/h2-10H,18H2,1H3,(H,21,22,23). The first kappa shape index (κ1) is 16.1. The van der Waals surface area contributed by atoms with Crippen LogP contribution in [0.4, 0.5) is 17.1 Å². The van der Waals surface area contributed by atoms with Gasteiger partial charge in [0.25, 0.3) is 10.1 Å². The molecule has 0 radical (unpaired) electrons. The van der Waals surface area contributed by atoms with Crippen LogP contribution in [-0.4, -0.2) is 13.0 Å². The molecule has 0 aliphatic heterocycles. The molecule has 0 bridgehead atoms. The lowest BCUT2D eigenvalue weighted by Crippen LogP contribution is -2.01. The van der Waals surface area contributed by atoms with Gasteiger partial charge in [0.15, 0.2) is 0 Å². The van der Waals surface area contributed by atoms with Crippen LogP contribution in [0.3, 0.4) is 0 Å². The number of rotatable bonds is 3. The SMILES string of the molecule is Cc1ccccc1N=Nc1cc(S(=O)(=O)O)c2ccccc2c1N. The predicted octanol–water partition coefficient (Wildman–Crippen LogP) is 4.39. The van der Waals surface area contributed by atoms with Crippen molar-refractivity contribution in [1.82, 2.24) is 0 Å². The molecule has 3 N–H and O–H groups in total. The van der Waals surface area contributed by atoms with Crippen molar-refractivity contribution in [3.05, 3.63) is 60.2 Å². The lowest BCUT2D eigenvalue weighted by molar-refractivity contribution is 0.484. The maximum absolute atomic E-state index is 11.7. The number of hydrogen-bond donors (Lipinski definition) is 2. The van der Waals surface area contributed by atoms with Crippen LogP contribution in [0.1, 0.15) is 5.56 Å². The van der Waals surface area contributed by atoms with Gasteiger partial charge in [0.2, 0.25) is 0 Å². The van der Waals surface area contributed by atoms with E-state index in [0.29, 0.717) is 22.1 Å². The Bertz CT molecular complexity index is 1060. The molecular weight excluding hydrogens is 326 g/mol. The third-order valence-electron chi connectivity index (χ3n) is 3.69. The van der Waals surface area contributed by atoms with Crippen molar-refractivity contribution in [2.75, 3.05) is 5.73 Å². The lowest BCUT2D eigenvalue weighted by Gasteiger charge is -2.09. The van der Waals surface area contributed by atoms with E-state index in [1.54, 1.807) is 30.3 Å². The summed E-state index contributed by atoms with van der Waals surface area (Å²) in [6, 6.07) is 15.3. The van der Waals surface area contributed by atoms with E-state index in [1.165, 1.54) is 6.07 Å². The Morgan fingerprint density at radius 1 is 0.917 bits per heavy atom. The number of nitrogens with zero attached hydrogens (tertiary/aromatic N) is 2. The Morgan fingerprint density at radius 3 is 2.17 bits per heavy atom. The number of fused-ring (bicyclic) bond motifs is 1. The summed E-state index contributed by atoms with van der Waals surface area (Å²) in [6.07, 6.45) is 0. The fourth-order valence-electron chi connectivity index (χ4n) is 2.43. The van der Waals surface area contributed by atoms with Crippen LogP contribution >= 0.6 is 0 Å². The lowest BCUT2D eigenvalue weighted by atomic mass is 10.1. The maximum Gasteiger partial charge on any atom is 0.295 e. The van der Waals surface area contributed by atoms with E-state index >= 15 is 0 Å². The molecular formula is C17H15N3O3S. The van der Waals surface area contributed by atoms with Gasteiger partial charge in [-0.15, -0.1) is 5.11 Å². The Morgan fingerprint density at radius 2 is 1.50 bits per heavy atom. The third-order valence-corrected chi connectivity index (χ3v) is 4.58. The number of nitrogens with two attached hydrogens (primary N) is 1. The highest BCUT2D eigenvalue weighted by Crippen LogP contribution is 2.36. The molecule has 24 heavy (non-hydrogen) atoms. The highest BCUT2D eigenvalue weighted by atomic mass is 32.2. The van der Waals surface area contributed by atoms with Crippen LogP contribution in [0.25, 0.3) is 10.8 Å². The molecule has 3 aromatic carbocycles. The summed E-state index contributed by atoms with van der Waals surface area (Å²) >= 11 is 0. The van der Waals surface area contributed by atoms with E-state index in [4.69, 9.17) is 5.73 Å². The van der Waals surface area contributed by atoms with Crippen molar-refractivity contribution >= 4 is 38.0 Å². The third kappa shape index (κ3) is 2.99. The summed E-state index contributed by atoms with van der Waals surface area (Å²) in [4.78, 5) is -0.244. The zero-order valence-electron chi connectivity index (χ0n) is 12.8. The van der Waals surface area contributed by atoms with Gasteiger partial charge in [-0.2, -0.15) is 13.5 Å². The molecule has 0 spiro atoms. The molecule has 122 valence electrons. The van der Waals surface area contributed by atoms with Crippen LogP contribution in [0.2, 0.25) is 0 Å². The molecule has 0 saturated heterocycles. The van der Waals surface area contributed by atoms with E-state index in [1.807, 2.05) is 25.1 Å². The predicted molar refractivity (Wildman–Crippen MR) is 93.5 cm³/mol. The second-order valence-electron chi connectivity index (χ2n) is 5.31. The minimum atomic E-state index is -4.42. The first-order chi connectivity index (χ1) is 11.4. The van der Waals surface area contributed by atoms with Gasteiger partial charge in [0.1, 0.15) is 10.6 Å². The summed E-state index contributed by atoms with van der Waals surface area (Å²) in [6.45, 7) is 1.89. The molecule has 0 aromatic heterocycles. The summed E-state index contributed by atoms with van der Waals surface area (Å²) in [5, 5.41) is 9.05. The number of azo groups is 1. The van der Waals surface area contributed by atoms with Crippen LogP contribution < -0.4 is 5.73 Å². The van der Waals surface area contributed by atoms with Crippen LogP contribution in [0.5, 0.6) is 0 Å². The van der Waals surface area contributed by atoms with Gasteiger partial charge in [-0.25, -0.2) is 0 Å². The quantitative estimate of drug-likeness (QED) is 0.418. The molecule has 0 atom stereocenters. The molecule has 3 aromatic rings. The first-order valence-corrected chi connectivity index (χ1v) is 8.58. The Balaban J connectivity index is 2.22. The van der Waals surface area contributed by atoms with Crippen LogP contribution in [0.15, 0.2) is 69.7 Å². The van der Waals surface area contributed by atoms with Crippen LogP contribution in [-0.2, 0) is 10.1 Å². The minimum Gasteiger partial charge on any atom is -0.396 e. The molecule has 0 amide bonds. The van der Waals surface area contributed by atoms with Crippen molar-refractivity contribution in [3.8, 4) is 0 Å². The molecule has 0 aliphatic carbocycles. The van der Waals surface area contributed by atoms with Crippen LogP contribution in [0, 0.1) is 6.92 Å². The summed E-state index contributed by atoms with van der Waals surface area (Å²) in [7, 11) is -4.42. The van der Waals surface area contributed by atoms with Gasteiger partial charge in [-0.05, 0) is 24.6 Å². The molecule has 0 fully saturated rings. The average Bonchev–Trinajstić information content (AvgIpc) is 2.54. The summed E-state index contributed by atoms with van der Waals surface area (Å²) in [5.41, 5.74) is 8.17. The molecule has 3 rings (SSSR count). The topological polar surface area (TPSA) is 105 Å². The smallest absolute Gasteiger partial charge is 0.295 e. The number of nitrogen functional groups attached to an aromatic ring is 1. The Kier molecular flexibility index (Phi) is 4.04. The van der Waals surface area contributed by atoms with E-state index in [-0.39, 0.29) is 10.6 Å². The van der Waals surface area contributed by atoms with Crippen molar-refractivity contribution in [2.45, 2.75) is 11.8 Å². The summed E-state index contributed by atoms with van der Waals surface area (Å²) < 4.78 is 32.9. The number of benzene rings is 3. The Hall–Kier alpha value is -2.77. The van der Waals surface area contributed by atoms with Crippen molar-refractivity contribution in [2.24, 2.45) is 10.2 Å². The molecule has 0 unspecified atom stereocenters. The molecule has 7 heteroatoms. The molecule has 0 heterocycles. The molecule has 0 aliphatic rings. The van der Waals surface area contributed by atoms with Crippen molar-refractivity contribution in [1.29, 1.82) is 0 Å². The van der Waals surface area contributed by atoms with Crippen molar-refractivity contribution in [3.63, 3.8) is 0 Å². The minimum absolute atomic E-state index is 0.185. The fraction of sp³-hybridized carbons (Fsp3) is 0.0588. The highest BCUT2D eigenvalue weighted by Gasteiger charge is 2.18. The van der Waals surface area contributed by atoms with E-state index < -0.39 is 10.1 Å². The molecule has 6 nitrogen and oxygen atoms in total. The van der Waals surface area contributed by atoms with Gasteiger partial charge in [-0.3, -0.25) is 4.55 Å². The van der Waals surface area contributed by atoms with E-state index in [0.717, 1.165) is 5.56 Å². The van der Waals surface area contributed by atoms with E-state index in [9.17, 15) is 13.0 Å². The number of anilines is 1. The fourth-order valence-corrected chi connectivity index (χ4v) is 3.15. The first-order valence-electron chi connectivity index (χ1n) is 7.14. The van der Waals surface area contributed by atoms with E-state index in [2.05, 4.69) is 10.2 Å². The van der Waals surface area contributed by atoms with Gasteiger partial charge >= 0.3 is 0 Å². The summed E-state index contributed by atoms with van der Waals surface area (Å²) in [5.74, 6) is 0. The van der Waals surface area contributed by atoms with Gasteiger partial charge in [0, 0.05) is 10.8 Å². The Labute approximate surface area is 139 Å². The monoisotopic (exact) mass is 341 g/mol. The highest BCUT2D eigenvalue weighted by molar-refractivity contribution is 7.86. The second kappa shape index (κ2) is 6.03. The zero-order chi connectivity index (χ0) is 17.3.